The van der Waals surface area contributed by atoms with Crippen LogP contribution in [-0.2, 0) is 9.59 Å². The Labute approximate surface area is 192 Å². The maximum absolute atomic E-state index is 13.5. The maximum Gasteiger partial charge on any atom is 0.282 e. The van der Waals surface area contributed by atoms with Crippen molar-refractivity contribution >= 4 is 45.8 Å². The van der Waals surface area contributed by atoms with Crippen molar-refractivity contribution in [1.29, 1.82) is 0 Å². The van der Waals surface area contributed by atoms with Crippen molar-refractivity contribution in [3.05, 3.63) is 82.2 Å². The Balaban J connectivity index is 1.48. The van der Waals surface area contributed by atoms with E-state index in [1.165, 1.54) is 41.2 Å². The fourth-order valence-electron chi connectivity index (χ4n) is 4.38. The topological polar surface area (TPSA) is 52.7 Å². The van der Waals surface area contributed by atoms with Crippen molar-refractivity contribution in [1.82, 2.24) is 0 Å². The van der Waals surface area contributed by atoms with Crippen LogP contribution in [0.2, 0.25) is 0 Å². The molecule has 5 rings (SSSR count). The van der Waals surface area contributed by atoms with Gasteiger partial charge in [-0.1, -0.05) is 24.3 Å². The summed E-state index contributed by atoms with van der Waals surface area (Å²) in [5, 5.41) is 5.18. The van der Waals surface area contributed by atoms with Crippen molar-refractivity contribution < 1.29 is 9.59 Å². The molecule has 0 radical (unpaired) electrons. The number of para-hydroxylation sites is 1. The van der Waals surface area contributed by atoms with E-state index in [9.17, 15) is 9.59 Å². The van der Waals surface area contributed by atoms with Crippen LogP contribution < -0.4 is 15.1 Å². The summed E-state index contributed by atoms with van der Waals surface area (Å²) < 4.78 is 0. The first-order valence-electron chi connectivity index (χ1n) is 11.0. The normalized spacial score (nSPS) is 16.8. The highest BCUT2D eigenvalue weighted by molar-refractivity contribution is 7.11. The molecule has 5 nitrogen and oxygen atoms in total. The second-order valence-electron chi connectivity index (χ2n) is 8.18. The predicted octanol–water partition coefficient (Wildman–Crippen LogP) is 5.44. The Morgan fingerprint density at radius 2 is 1.59 bits per heavy atom. The van der Waals surface area contributed by atoms with Crippen LogP contribution in [0.3, 0.4) is 0 Å². The van der Waals surface area contributed by atoms with Gasteiger partial charge in [0, 0.05) is 29.3 Å². The molecule has 2 aromatic carbocycles. The maximum atomic E-state index is 13.5. The zero-order chi connectivity index (χ0) is 22.1. The second-order valence-corrected chi connectivity index (χ2v) is 9.13. The summed E-state index contributed by atoms with van der Waals surface area (Å²) in [5.74, 6) is -0.619. The average molecular weight is 444 g/mol. The first kappa shape index (κ1) is 20.5. The monoisotopic (exact) mass is 443 g/mol. The SMILES string of the molecule is Cc1ccccc1N1C(=O)C(Nc2ccc(N3CCCCC3)cc2)=C(c2cccs2)C1=O. The third kappa shape index (κ3) is 3.71. The summed E-state index contributed by atoms with van der Waals surface area (Å²) in [6, 6.07) is 19.4. The van der Waals surface area contributed by atoms with Crippen LogP contribution in [-0.4, -0.2) is 24.9 Å². The lowest BCUT2D eigenvalue weighted by Gasteiger charge is -2.28. The molecule has 2 amide bonds. The number of imide groups is 1. The molecule has 0 atom stereocenters. The quantitative estimate of drug-likeness (QED) is 0.533. The van der Waals surface area contributed by atoms with Gasteiger partial charge >= 0.3 is 0 Å². The summed E-state index contributed by atoms with van der Waals surface area (Å²) in [4.78, 5) is 31.4. The smallest absolute Gasteiger partial charge is 0.282 e. The Hall–Kier alpha value is -3.38. The summed E-state index contributed by atoms with van der Waals surface area (Å²) in [6.07, 6.45) is 3.74. The number of thiophene rings is 1. The van der Waals surface area contributed by atoms with E-state index in [0.29, 0.717) is 17.0 Å². The molecule has 1 fully saturated rings. The van der Waals surface area contributed by atoms with E-state index in [0.717, 1.165) is 29.2 Å². The van der Waals surface area contributed by atoms with Gasteiger partial charge in [0.1, 0.15) is 5.70 Å². The summed E-state index contributed by atoms with van der Waals surface area (Å²) in [5.41, 5.74) is 4.24. The number of hydrogen-bond donors (Lipinski definition) is 1. The molecule has 0 spiro atoms. The number of nitrogens with one attached hydrogen (secondary N) is 1. The number of anilines is 3. The predicted molar refractivity (Wildman–Crippen MR) is 131 cm³/mol. The average Bonchev–Trinajstić information content (AvgIpc) is 3.42. The minimum Gasteiger partial charge on any atom is -0.372 e. The molecule has 0 saturated carbocycles. The van der Waals surface area contributed by atoms with Crippen molar-refractivity contribution in [3.63, 3.8) is 0 Å². The fraction of sp³-hybridized carbons (Fsp3) is 0.231. The lowest BCUT2D eigenvalue weighted by Crippen LogP contribution is -2.32. The van der Waals surface area contributed by atoms with Crippen molar-refractivity contribution in [2.75, 3.05) is 28.2 Å². The number of benzene rings is 2. The number of carbonyl (C=O) groups is 2. The van der Waals surface area contributed by atoms with E-state index in [-0.39, 0.29) is 11.8 Å². The highest BCUT2D eigenvalue weighted by atomic mass is 32.1. The Kier molecular flexibility index (Phi) is 5.53. The number of aryl methyl sites for hydroxylation is 1. The molecule has 6 heteroatoms. The van der Waals surface area contributed by atoms with Crippen LogP contribution in [0.25, 0.3) is 5.57 Å². The lowest BCUT2D eigenvalue weighted by atomic mass is 10.1. The van der Waals surface area contributed by atoms with Gasteiger partial charge in [0.15, 0.2) is 0 Å². The molecule has 3 aromatic rings. The molecule has 0 bridgehead atoms. The molecular weight excluding hydrogens is 418 g/mol. The number of piperidine rings is 1. The van der Waals surface area contributed by atoms with Crippen LogP contribution in [0.5, 0.6) is 0 Å². The summed E-state index contributed by atoms with van der Waals surface area (Å²) >= 11 is 1.46. The van der Waals surface area contributed by atoms with E-state index in [1.807, 2.05) is 60.8 Å². The van der Waals surface area contributed by atoms with E-state index < -0.39 is 0 Å². The second kappa shape index (κ2) is 8.63. The number of hydrogen-bond acceptors (Lipinski definition) is 5. The van der Waals surface area contributed by atoms with Gasteiger partial charge in [-0.15, -0.1) is 11.3 Å². The summed E-state index contributed by atoms with van der Waals surface area (Å²) in [6.45, 7) is 4.07. The van der Waals surface area contributed by atoms with Crippen molar-refractivity contribution in [2.24, 2.45) is 0 Å². The highest BCUT2D eigenvalue weighted by Gasteiger charge is 2.41. The van der Waals surface area contributed by atoms with Crippen molar-refractivity contribution in [2.45, 2.75) is 26.2 Å². The van der Waals surface area contributed by atoms with Gasteiger partial charge in [0.25, 0.3) is 11.8 Å². The van der Waals surface area contributed by atoms with Gasteiger partial charge in [-0.05, 0) is 73.5 Å². The van der Waals surface area contributed by atoms with E-state index in [2.05, 4.69) is 22.3 Å². The van der Waals surface area contributed by atoms with Crippen LogP contribution in [0.15, 0.2) is 71.7 Å². The van der Waals surface area contributed by atoms with Gasteiger partial charge in [0.05, 0.1) is 11.3 Å². The zero-order valence-electron chi connectivity index (χ0n) is 18.0. The molecule has 2 aliphatic rings. The van der Waals surface area contributed by atoms with E-state index in [4.69, 9.17) is 0 Å². The van der Waals surface area contributed by atoms with Gasteiger partial charge in [0.2, 0.25) is 0 Å². The molecule has 0 aliphatic carbocycles. The van der Waals surface area contributed by atoms with Crippen LogP contribution in [0.1, 0.15) is 29.7 Å². The van der Waals surface area contributed by atoms with Gasteiger partial charge < -0.3 is 10.2 Å². The first-order chi connectivity index (χ1) is 15.6. The number of rotatable bonds is 5. The minimum absolute atomic E-state index is 0.292. The van der Waals surface area contributed by atoms with Gasteiger partial charge in [-0.2, -0.15) is 0 Å². The Bertz CT molecular complexity index is 1180. The van der Waals surface area contributed by atoms with Crippen molar-refractivity contribution in [3.8, 4) is 0 Å². The highest BCUT2D eigenvalue weighted by Crippen LogP contribution is 2.36. The minimum atomic E-state index is -0.326. The molecule has 2 aliphatic heterocycles. The largest absolute Gasteiger partial charge is 0.372 e. The van der Waals surface area contributed by atoms with E-state index in [1.54, 1.807) is 0 Å². The van der Waals surface area contributed by atoms with Gasteiger partial charge in [-0.25, -0.2) is 4.90 Å². The molecule has 32 heavy (non-hydrogen) atoms. The van der Waals surface area contributed by atoms with E-state index >= 15 is 0 Å². The Morgan fingerprint density at radius 1 is 0.844 bits per heavy atom. The Morgan fingerprint density at radius 3 is 2.28 bits per heavy atom. The third-order valence-corrected chi connectivity index (χ3v) is 6.95. The van der Waals surface area contributed by atoms with Crippen LogP contribution >= 0.6 is 11.3 Å². The molecule has 1 N–H and O–H groups in total. The summed E-state index contributed by atoms with van der Waals surface area (Å²) in [7, 11) is 0. The zero-order valence-corrected chi connectivity index (χ0v) is 18.8. The molecule has 0 unspecified atom stereocenters. The molecule has 3 heterocycles. The van der Waals surface area contributed by atoms with Crippen LogP contribution in [0.4, 0.5) is 17.1 Å². The van der Waals surface area contributed by atoms with Crippen LogP contribution in [0, 0.1) is 6.92 Å². The van der Waals surface area contributed by atoms with Gasteiger partial charge in [-0.3, -0.25) is 9.59 Å². The molecule has 1 aromatic heterocycles. The molecular formula is C26H25N3O2S. The number of nitrogens with zero attached hydrogens (tertiary/aromatic N) is 2. The first-order valence-corrected chi connectivity index (χ1v) is 11.9. The third-order valence-electron chi connectivity index (χ3n) is 6.07. The molecule has 162 valence electrons. The lowest BCUT2D eigenvalue weighted by molar-refractivity contribution is -0.120. The molecule has 1 saturated heterocycles. The fourth-order valence-corrected chi connectivity index (χ4v) is 5.15. The number of carbonyl (C=O) groups excluding carboxylic acids is 2. The standard InChI is InChI=1S/C26H25N3O2S/c1-18-8-3-4-9-21(18)29-25(30)23(22-10-7-17-32-22)24(26(29)31)27-19-11-13-20(14-12-19)28-15-5-2-6-16-28/h3-4,7-14,17,27H,2,5-6,15-16H2,1H3. The number of amides is 2.